The van der Waals surface area contributed by atoms with Crippen molar-refractivity contribution in [1.29, 1.82) is 0 Å². The second kappa shape index (κ2) is 6.03. The molecule has 4 nitrogen and oxygen atoms in total. The molecule has 3 aromatic rings. The van der Waals surface area contributed by atoms with Crippen LogP contribution in [0.4, 0.5) is 0 Å². The first-order valence-corrected chi connectivity index (χ1v) is 7.17. The zero-order valence-corrected chi connectivity index (χ0v) is 12.5. The van der Waals surface area contributed by atoms with E-state index in [1.807, 2.05) is 36.5 Å². The summed E-state index contributed by atoms with van der Waals surface area (Å²) in [6.07, 6.45) is 6.87. The van der Waals surface area contributed by atoms with E-state index in [1.165, 1.54) is 6.08 Å². The fourth-order valence-electron chi connectivity index (χ4n) is 2.41. The third-order valence-electron chi connectivity index (χ3n) is 3.39. The maximum atomic E-state index is 10.9. The summed E-state index contributed by atoms with van der Waals surface area (Å²) in [5.41, 5.74) is 8.27. The van der Waals surface area contributed by atoms with Crippen molar-refractivity contribution in [3.05, 3.63) is 71.1 Å². The fraction of sp³-hybridized carbons (Fsp3) is 0.0588. The highest BCUT2D eigenvalue weighted by atomic mass is 35.5. The average Bonchev–Trinajstić information content (AvgIpc) is 2.86. The van der Waals surface area contributed by atoms with Crippen LogP contribution in [0, 0.1) is 0 Å². The number of halogens is 1. The van der Waals surface area contributed by atoms with Gasteiger partial charge in [-0.15, -0.1) is 0 Å². The lowest BCUT2D eigenvalue weighted by molar-refractivity contribution is -0.113. The van der Waals surface area contributed by atoms with Crippen molar-refractivity contribution in [2.45, 2.75) is 6.54 Å². The van der Waals surface area contributed by atoms with Crippen LogP contribution in [0.2, 0.25) is 5.15 Å². The van der Waals surface area contributed by atoms with Crippen LogP contribution in [-0.2, 0) is 11.3 Å². The van der Waals surface area contributed by atoms with Gasteiger partial charge >= 0.3 is 0 Å². The maximum Gasteiger partial charge on any atom is 0.241 e. The monoisotopic (exact) mass is 311 g/mol. The number of nitrogens with zero attached hydrogens (tertiary/aromatic N) is 2. The molecule has 2 heterocycles. The van der Waals surface area contributed by atoms with Crippen molar-refractivity contribution in [2.75, 3.05) is 0 Å². The molecule has 3 rings (SSSR count). The molecule has 0 saturated heterocycles. The van der Waals surface area contributed by atoms with Gasteiger partial charge in [-0.2, -0.15) is 0 Å². The van der Waals surface area contributed by atoms with Gasteiger partial charge < -0.3 is 10.3 Å². The van der Waals surface area contributed by atoms with E-state index >= 15 is 0 Å². The lowest BCUT2D eigenvalue weighted by Gasteiger charge is -2.05. The van der Waals surface area contributed by atoms with Crippen LogP contribution in [0.25, 0.3) is 17.0 Å². The first-order valence-electron chi connectivity index (χ1n) is 6.79. The van der Waals surface area contributed by atoms with Gasteiger partial charge in [-0.25, -0.2) is 4.98 Å². The van der Waals surface area contributed by atoms with Crippen LogP contribution in [0.15, 0.2) is 54.9 Å². The smallest absolute Gasteiger partial charge is 0.241 e. The number of pyridine rings is 1. The Morgan fingerprint density at radius 3 is 2.82 bits per heavy atom. The number of nitrogens with two attached hydrogens (primary N) is 1. The summed E-state index contributed by atoms with van der Waals surface area (Å²) in [5.74, 6) is -0.460. The van der Waals surface area contributed by atoms with E-state index in [4.69, 9.17) is 17.3 Å². The number of hydrogen-bond donors (Lipinski definition) is 1. The van der Waals surface area contributed by atoms with Crippen molar-refractivity contribution in [3.63, 3.8) is 0 Å². The zero-order chi connectivity index (χ0) is 15.5. The molecule has 0 aliphatic heterocycles. The van der Waals surface area contributed by atoms with E-state index in [2.05, 4.69) is 9.55 Å². The Labute approximate surface area is 132 Å². The molecule has 2 aromatic heterocycles. The Hall–Kier alpha value is -2.59. The van der Waals surface area contributed by atoms with Crippen molar-refractivity contribution in [3.8, 4) is 0 Å². The Balaban J connectivity index is 2.02. The van der Waals surface area contributed by atoms with E-state index in [1.54, 1.807) is 18.3 Å². The third kappa shape index (κ3) is 3.02. The van der Waals surface area contributed by atoms with Crippen LogP contribution in [-0.4, -0.2) is 15.5 Å². The molecule has 0 spiro atoms. The number of carbonyl (C=O) groups is 1. The molecule has 0 unspecified atom stereocenters. The predicted molar refractivity (Wildman–Crippen MR) is 88.5 cm³/mol. The third-order valence-corrected chi connectivity index (χ3v) is 3.61. The van der Waals surface area contributed by atoms with E-state index in [-0.39, 0.29) is 0 Å². The van der Waals surface area contributed by atoms with Gasteiger partial charge in [-0.3, -0.25) is 4.79 Å². The number of primary amides is 1. The summed E-state index contributed by atoms with van der Waals surface area (Å²) in [6, 6.07) is 11.7. The quantitative estimate of drug-likeness (QED) is 0.594. The fourth-order valence-corrected chi connectivity index (χ4v) is 2.52. The van der Waals surface area contributed by atoms with Crippen molar-refractivity contribution >= 4 is 34.5 Å². The highest BCUT2D eigenvalue weighted by Crippen LogP contribution is 2.23. The SMILES string of the molecule is NC(=O)/C=C\c1cn(Cc2ccc(Cl)nc2)c2ccccc12. The Morgan fingerprint density at radius 1 is 1.27 bits per heavy atom. The Morgan fingerprint density at radius 2 is 2.09 bits per heavy atom. The predicted octanol–water partition coefficient (Wildman–Crippen LogP) is 3.24. The molecule has 0 fully saturated rings. The number of para-hydroxylation sites is 1. The summed E-state index contributed by atoms with van der Waals surface area (Å²) in [4.78, 5) is 15.0. The standard InChI is InChI=1S/C17H14ClN3O/c18-16-7-5-12(9-20-16)10-21-11-13(6-8-17(19)22)14-3-1-2-4-15(14)21/h1-9,11H,10H2,(H2,19,22)/b8-6-. The number of carbonyl (C=O) groups excluding carboxylic acids is 1. The molecular formula is C17H14ClN3O. The number of hydrogen-bond acceptors (Lipinski definition) is 2. The van der Waals surface area contributed by atoms with Crippen LogP contribution in [0.1, 0.15) is 11.1 Å². The van der Waals surface area contributed by atoms with Crippen LogP contribution in [0.3, 0.4) is 0 Å². The summed E-state index contributed by atoms with van der Waals surface area (Å²) in [6.45, 7) is 0.676. The van der Waals surface area contributed by atoms with Gasteiger partial charge in [0.15, 0.2) is 0 Å². The molecular weight excluding hydrogens is 298 g/mol. The summed E-state index contributed by atoms with van der Waals surface area (Å²) in [5, 5.41) is 1.55. The summed E-state index contributed by atoms with van der Waals surface area (Å²) < 4.78 is 2.11. The largest absolute Gasteiger partial charge is 0.366 e. The second-order valence-corrected chi connectivity index (χ2v) is 5.34. The molecule has 0 atom stereocenters. The molecule has 1 aromatic carbocycles. The molecule has 0 saturated carbocycles. The molecule has 22 heavy (non-hydrogen) atoms. The van der Waals surface area contributed by atoms with Crippen LogP contribution < -0.4 is 5.73 Å². The first-order chi connectivity index (χ1) is 10.6. The lowest BCUT2D eigenvalue weighted by Crippen LogP contribution is -2.05. The van der Waals surface area contributed by atoms with Crippen LogP contribution in [0.5, 0.6) is 0 Å². The van der Waals surface area contributed by atoms with Gasteiger partial charge in [0.1, 0.15) is 5.15 Å². The number of fused-ring (bicyclic) bond motifs is 1. The molecule has 0 bridgehead atoms. The topological polar surface area (TPSA) is 60.9 Å². The Kier molecular flexibility index (Phi) is 3.94. The van der Waals surface area contributed by atoms with Gasteiger partial charge in [0.05, 0.1) is 0 Å². The van der Waals surface area contributed by atoms with Gasteiger partial charge in [0.2, 0.25) is 5.91 Å². The molecule has 1 amide bonds. The first kappa shape index (κ1) is 14.4. The number of aromatic nitrogens is 2. The lowest BCUT2D eigenvalue weighted by atomic mass is 10.1. The summed E-state index contributed by atoms with van der Waals surface area (Å²) >= 11 is 5.81. The van der Waals surface area contributed by atoms with E-state index in [0.717, 1.165) is 22.0 Å². The normalized spacial score (nSPS) is 11.3. The Bertz CT molecular complexity index is 850. The van der Waals surface area contributed by atoms with Crippen LogP contribution >= 0.6 is 11.6 Å². The zero-order valence-electron chi connectivity index (χ0n) is 11.7. The number of benzene rings is 1. The highest BCUT2D eigenvalue weighted by Gasteiger charge is 2.07. The average molecular weight is 312 g/mol. The molecule has 2 N–H and O–H groups in total. The highest BCUT2D eigenvalue weighted by molar-refractivity contribution is 6.29. The molecule has 0 radical (unpaired) electrons. The minimum Gasteiger partial charge on any atom is -0.366 e. The number of rotatable bonds is 4. The van der Waals surface area contributed by atoms with Crippen molar-refractivity contribution < 1.29 is 4.79 Å². The molecule has 110 valence electrons. The summed E-state index contributed by atoms with van der Waals surface area (Å²) in [7, 11) is 0. The van der Waals surface area contributed by atoms with E-state index in [0.29, 0.717) is 11.7 Å². The van der Waals surface area contributed by atoms with Crippen molar-refractivity contribution in [1.82, 2.24) is 9.55 Å². The molecule has 0 aliphatic rings. The number of amides is 1. The van der Waals surface area contributed by atoms with E-state index in [9.17, 15) is 4.79 Å². The van der Waals surface area contributed by atoms with E-state index < -0.39 is 5.91 Å². The molecule has 0 aliphatic carbocycles. The van der Waals surface area contributed by atoms with Gasteiger partial charge in [-0.05, 0) is 23.8 Å². The molecule has 5 heteroatoms. The minimum atomic E-state index is -0.460. The maximum absolute atomic E-state index is 10.9. The minimum absolute atomic E-state index is 0.460. The van der Waals surface area contributed by atoms with Crippen molar-refractivity contribution in [2.24, 2.45) is 5.73 Å². The van der Waals surface area contributed by atoms with Gasteiger partial charge in [0.25, 0.3) is 0 Å². The second-order valence-electron chi connectivity index (χ2n) is 4.95. The van der Waals surface area contributed by atoms with Gasteiger partial charge in [0, 0.05) is 41.5 Å². The van der Waals surface area contributed by atoms with Gasteiger partial charge in [-0.1, -0.05) is 35.9 Å².